The van der Waals surface area contributed by atoms with Gasteiger partial charge in [0.1, 0.15) is 0 Å². The van der Waals surface area contributed by atoms with Gasteiger partial charge in [0, 0.05) is 12.6 Å². The zero-order valence-electron chi connectivity index (χ0n) is 7.36. The summed E-state index contributed by atoms with van der Waals surface area (Å²) in [7, 11) is -3.48. The maximum absolute atomic E-state index is 11.0. The molecule has 0 radical (unpaired) electrons. The van der Waals surface area contributed by atoms with Crippen LogP contribution in [0.15, 0.2) is 0 Å². The average Bonchev–Trinajstić information content (AvgIpc) is 1.98. The number of rotatable bonds is 6. The van der Waals surface area contributed by atoms with Crippen LogP contribution >= 0.6 is 0 Å². The van der Waals surface area contributed by atoms with Crippen molar-refractivity contribution in [1.29, 1.82) is 0 Å². The highest BCUT2D eigenvalue weighted by atomic mass is 32.2. The molecule has 7 heteroatoms. The van der Waals surface area contributed by atoms with Crippen LogP contribution in [0.4, 0.5) is 0 Å². The van der Waals surface area contributed by atoms with E-state index in [4.69, 9.17) is 10.8 Å². The van der Waals surface area contributed by atoms with Gasteiger partial charge in [0.15, 0.2) is 0 Å². The molecule has 78 valence electrons. The summed E-state index contributed by atoms with van der Waals surface area (Å²) in [6.07, 6.45) is -0.395. The van der Waals surface area contributed by atoms with Crippen molar-refractivity contribution in [3.8, 4) is 0 Å². The second-order valence-corrected chi connectivity index (χ2v) is 4.71. The summed E-state index contributed by atoms with van der Waals surface area (Å²) < 4.78 is 24.2. The van der Waals surface area contributed by atoms with Crippen LogP contribution in [-0.4, -0.2) is 37.8 Å². The van der Waals surface area contributed by atoms with Gasteiger partial charge in [0.2, 0.25) is 10.0 Å². The minimum Gasteiger partial charge on any atom is -0.481 e. The normalized spacial score (nSPS) is 14.0. The number of carboxylic acid groups (broad SMARTS) is 1. The standard InChI is InChI=1S/C6H14N2O4S/c1-5(7)4-8-13(11,12)3-2-6(9)10/h5,8H,2-4,7H2,1H3,(H,9,10). The van der Waals surface area contributed by atoms with Gasteiger partial charge in [-0.2, -0.15) is 0 Å². The number of hydrogen-bond donors (Lipinski definition) is 3. The van der Waals surface area contributed by atoms with Crippen molar-refractivity contribution in [2.75, 3.05) is 12.3 Å². The molecule has 0 amide bonds. The fourth-order valence-corrected chi connectivity index (χ4v) is 1.66. The van der Waals surface area contributed by atoms with Gasteiger partial charge in [0.25, 0.3) is 0 Å². The van der Waals surface area contributed by atoms with E-state index in [1.807, 2.05) is 0 Å². The molecule has 0 aliphatic rings. The van der Waals surface area contributed by atoms with Crippen molar-refractivity contribution in [2.45, 2.75) is 19.4 Å². The Morgan fingerprint density at radius 2 is 2.15 bits per heavy atom. The van der Waals surface area contributed by atoms with E-state index in [1.165, 1.54) is 0 Å². The molecule has 0 aromatic carbocycles. The molecule has 0 rings (SSSR count). The van der Waals surface area contributed by atoms with Crippen LogP contribution in [0, 0.1) is 0 Å². The van der Waals surface area contributed by atoms with Crippen molar-refractivity contribution in [3.63, 3.8) is 0 Å². The van der Waals surface area contributed by atoms with Gasteiger partial charge in [-0.15, -0.1) is 0 Å². The zero-order valence-corrected chi connectivity index (χ0v) is 8.17. The maximum atomic E-state index is 11.0. The van der Waals surface area contributed by atoms with Crippen LogP contribution in [0.5, 0.6) is 0 Å². The fraction of sp³-hybridized carbons (Fsp3) is 0.833. The predicted octanol–water partition coefficient (Wildman–Crippen LogP) is -1.27. The van der Waals surface area contributed by atoms with Crippen molar-refractivity contribution < 1.29 is 18.3 Å². The van der Waals surface area contributed by atoms with E-state index in [0.717, 1.165) is 0 Å². The molecular formula is C6H14N2O4S. The number of carboxylic acids is 1. The third kappa shape index (κ3) is 7.69. The van der Waals surface area contributed by atoms with Crippen molar-refractivity contribution >= 4 is 16.0 Å². The molecule has 0 fully saturated rings. The second-order valence-electron chi connectivity index (χ2n) is 2.79. The molecule has 0 spiro atoms. The molecule has 0 saturated heterocycles. The monoisotopic (exact) mass is 210 g/mol. The van der Waals surface area contributed by atoms with Gasteiger partial charge in [0.05, 0.1) is 12.2 Å². The maximum Gasteiger partial charge on any atom is 0.304 e. The Balaban J connectivity index is 3.88. The van der Waals surface area contributed by atoms with Crippen LogP contribution in [0.3, 0.4) is 0 Å². The van der Waals surface area contributed by atoms with Gasteiger partial charge < -0.3 is 10.8 Å². The average molecular weight is 210 g/mol. The third-order valence-corrected chi connectivity index (χ3v) is 2.56. The molecule has 0 bridgehead atoms. The highest BCUT2D eigenvalue weighted by molar-refractivity contribution is 7.89. The summed E-state index contributed by atoms with van der Waals surface area (Å²) in [6, 6.07) is -0.278. The lowest BCUT2D eigenvalue weighted by Gasteiger charge is -2.07. The summed E-state index contributed by atoms with van der Waals surface area (Å²) in [5.74, 6) is -1.54. The summed E-state index contributed by atoms with van der Waals surface area (Å²) >= 11 is 0. The summed E-state index contributed by atoms with van der Waals surface area (Å²) in [5, 5.41) is 8.24. The van der Waals surface area contributed by atoms with E-state index < -0.39 is 28.2 Å². The molecule has 4 N–H and O–H groups in total. The number of sulfonamides is 1. The van der Waals surface area contributed by atoms with Gasteiger partial charge in [-0.05, 0) is 6.92 Å². The van der Waals surface area contributed by atoms with E-state index in [2.05, 4.69) is 4.72 Å². The Bertz CT molecular complexity index is 260. The van der Waals surface area contributed by atoms with E-state index in [0.29, 0.717) is 0 Å². The Morgan fingerprint density at radius 3 is 2.54 bits per heavy atom. The van der Waals surface area contributed by atoms with Crippen LogP contribution in [-0.2, 0) is 14.8 Å². The fourth-order valence-electron chi connectivity index (χ4n) is 0.552. The topological polar surface area (TPSA) is 109 Å². The largest absolute Gasteiger partial charge is 0.481 e. The minimum atomic E-state index is -3.48. The first kappa shape index (κ1) is 12.3. The van der Waals surface area contributed by atoms with Gasteiger partial charge >= 0.3 is 5.97 Å². The van der Waals surface area contributed by atoms with Crippen LogP contribution in [0.2, 0.25) is 0 Å². The summed E-state index contributed by atoms with van der Waals surface area (Å²) in [6.45, 7) is 1.78. The minimum absolute atomic E-state index is 0.127. The first-order valence-electron chi connectivity index (χ1n) is 3.78. The Morgan fingerprint density at radius 1 is 1.62 bits per heavy atom. The van der Waals surface area contributed by atoms with Gasteiger partial charge in [-0.1, -0.05) is 0 Å². The number of hydrogen-bond acceptors (Lipinski definition) is 4. The van der Waals surface area contributed by atoms with Crippen molar-refractivity contribution in [1.82, 2.24) is 4.72 Å². The molecule has 0 heterocycles. The first-order chi connectivity index (χ1) is 5.83. The highest BCUT2D eigenvalue weighted by Gasteiger charge is 2.12. The highest BCUT2D eigenvalue weighted by Crippen LogP contribution is 1.89. The molecule has 13 heavy (non-hydrogen) atoms. The Kier molecular flexibility index (Phi) is 4.89. The molecular weight excluding hydrogens is 196 g/mol. The zero-order chi connectivity index (χ0) is 10.5. The molecule has 0 aromatic heterocycles. The quantitative estimate of drug-likeness (QED) is 0.506. The van der Waals surface area contributed by atoms with Crippen LogP contribution in [0.25, 0.3) is 0 Å². The van der Waals surface area contributed by atoms with E-state index >= 15 is 0 Å². The Labute approximate surface area is 77.2 Å². The molecule has 0 saturated carbocycles. The smallest absolute Gasteiger partial charge is 0.304 e. The number of aliphatic carboxylic acids is 1. The molecule has 1 unspecified atom stereocenters. The van der Waals surface area contributed by atoms with E-state index in [9.17, 15) is 13.2 Å². The van der Waals surface area contributed by atoms with Gasteiger partial charge in [-0.3, -0.25) is 4.79 Å². The van der Waals surface area contributed by atoms with Gasteiger partial charge in [-0.25, -0.2) is 13.1 Å². The molecule has 6 nitrogen and oxygen atoms in total. The lowest BCUT2D eigenvalue weighted by atomic mass is 10.4. The molecule has 0 aromatic rings. The molecule has 0 aliphatic heterocycles. The summed E-state index contributed by atoms with van der Waals surface area (Å²) in [5.41, 5.74) is 5.31. The lowest BCUT2D eigenvalue weighted by molar-refractivity contribution is -0.136. The van der Waals surface area contributed by atoms with Crippen LogP contribution in [0.1, 0.15) is 13.3 Å². The molecule has 0 aliphatic carbocycles. The third-order valence-electron chi connectivity index (χ3n) is 1.21. The van der Waals surface area contributed by atoms with E-state index in [-0.39, 0.29) is 12.6 Å². The van der Waals surface area contributed by atoms with Crippen molar-refractivity contribution in [3.05, 3.63) is 0 Å². The number of nitrogens with two attached hydrogens (primary N) is 1. The number of nitrogens with one attached hydrogen (secondary N) is 1. The summed E-state index contributed by atoms with van der Waals surface area (Å²) in [4.78, 5) is 10.1. The Hall–Kier alpha value is -0.660. The lowest BCUT2D eigenvalue weighted by Crippen LogP contribution is -2.36. The van der Waals surface area contributed by atoms with Crippen LogP contribution < -0.4 is 10.5 Å². The SMILES string of the molecule is CC(N)CNS(=O)(=O)CCC(=O)O. The van der Waals surface area contributed by atoms with Crippen molar-refractivity contribution in [2.24, 2.45) is 5.73 Å². The molecule has 1 atom stereocenters. The predicted molar refractivity (Wildman–Crippen MR) is 47.7 cm³/mol. The van der Waals surface area contributed by atoms with E-state index in [1.54, 1.807) is 6.92 Å². The second kappa shape index (κ2) is 5.15. The first-order valence-corrected chi connectivity index (χ1v) is 5.43. The number of carbonyl (C=O) groups is 1.